The highest BCUT2D eigenvalue weighted by Gasteiger charge is 2.15. The van der Waals surface area contributed by atoms with Crippen molar-refractivity contribution in [1.29, 1.82) is 0 Å². The van der Waals surface area contributed by atoms with Gasteiger partial charge in [-0.15, -0.1) is 0 Å². The van der Waals surface area contributed by atoms with Crippen molar-refractivity contribution in [2.75, 3.05) is 18.1 Å². The molecular formula is C12H19ClN2O. The molecule has 3 nitrogen and oxygen atoms in total. The van der Waals surface area contributed by atoms with Crippen molar-refractivity contribution in [3.8, 4) is 0 Å². The number of rotatable bonds is 6. The standard InChI is InChI=1S/C12H19ClN2O/c1-3-10(4-2)15(7-8-16)11-5-6-14-12(13)9-11/h5-6,9-10,16H,3-4,7-8H2,1-2H3. The first-order chi connectivity index (χ1) is 7.72. The van der Waals surface area contributed by atoms with Gasteiger partial charge in [-0.3, -0.25) is 0 Å². The quantitative estimate of drug-likeness (QED) is 0.780. The fourth-order valence-corrected chi connectivity index (χ4v) is 2.10. The maximum Gasteiger partial charge on any atom is 0.131 e. The summed E-state index contributed by atoms with van der Waals surface area (Å²) < 4.78 is 0. The van der Waals surface area contributed by atoms with E-state index in [2.05, 4.69) is 23.7 Å². The normalized spacial score (nSPS) is 10.8. The van der Waals surface area contributed by atoms with Gasteiger partial charge in [-0.25, -0.2) is 4.98 Å². The van der Waals surface area contributed by atoms with Crippen LogP contribution in [-0.4, -0.2) is 29.3 Å². The van der Waals surface area contributed by atoms with Gasteiger partial charge in [-0.1, -0.05) is 25.4 Å². The number of nitrogens with zero attached hydrogens (tertiary/aromatic N) is 2. The maximum atomic E-state index is 9.12. The Balaban J connectivity index is 2.91. The topological polar surface area (TPSA) is 36.4 Å². The van der Waals surface area contributed by atoms with Gasteiger partial charge in [0.2, 0.25) is 0 Å². The summed E-state index contributed by atoms with van der Waals surface area (Å²) in [6.45, 7) is 5.09. The molecule has 1 N–H and O–H groups in total. The average Bonchev–Trinajstić information content (AvgIpc) is 2.29. The third kappa shape index (κ3) is 3.35. The van der Waals surface area contributed by atoms with E-state index >= 15 is 0 Å². The Morgan fingerprint density at radius 2 is 2.12 bits per heavy atom. The Labute approximate surface area is 102 Å². The molecule has 0 aliphatic carbocycles. The summed E-state index contributed by atoms with van der Waals surface area (Å²) in [5.41, 5.74) is 1.03. The minimum Gasteiger partial charge on any atom is -0.395 e. The minimum absolute atomic E-state index is 0.149. The SMILES string of the molecule is CCC(CC)N(CCO)c1ccnc(Cl)c1. The van der Waals surface area contributed by atoms with Crippen molar-refractivity contribution in [2.45, 2.75) is 32.7 Å². The maximum absolute atomic E-state index is 9.12. The fourth-order valence-electron chi connectivity index (χ4n) is 1.93. The van der Waals surface area contributed by atoms with Gasteiger partial charge >= 0.3 is 0 Å². The predicted octanol–water partition coefficient (Wildman–Crippen LogP) is 2.72. The smallest absolute Gasteiger partial charge is 0.131 e. The zero-order chi connectivity index (χ0) is 12.0. The van der Waals surface area contributed by atoms with Crippen molar-refractivity contribution < 1.29 is 5.11 Å². The van der Waals surface area contributed by atoms with Gasteiger partial charge in [0.1, 0.15) is 5.15 Å². The molecule has 0 aliphatic heterocycles. The second kappa shape index (κ2) is 6.71. The van der Waals surface area contributed by atoms with E-state index in [4.69, 9.17) is 16.7 Å². The van der Waals surface area contributed by atoms with E-state index in [1.807, 2.05) is 12.1 Å². The highest BCUT2D eigenvalue weighted by Crippen LogP contribution is 2.22. The van der Waals surface area contributed by atoms with Crippen molar-refractivity contribution in [3.05, 3.63) is 23.5 Å². The number of pyridine rings is 1. The van der Waals surface area contributed by atoms with E-state index in [1.54, 1.807) is 6.20 Å². The van der Waals surface area contributed by atoms with Gasteiger partial charge in [0.25, 0.3) is 0 Å². The summed E-state index contributed by atoms with van der Waals surface area (Å²) in [6, 6.07) is 4.21. The molecule has 0 spiro atoms. The van der Waals surface area contributed by atoms with Gasteiger partial charge in [-0.2, -0.15) is 0 Å². The Morgan fingerprint density at radius 3 is 2.62 bits per heavy atom. The first-order valence-corrected chi connectivity index (χ1v) is 6.09. The lowest BCUT2D eigenvalue weighted by molar-refractivity contribution is 0.296. The number of aromatic nitrogens is 1. The lowest BCUT2D eigenvalue weighted by Gasteiger charge is -2.32. The fraction of sp³-hybridized carbons (Fsp3) is 0.583. The minimum atomic E-state index is 0.149. The number of anilines is 1. The molecule has 0 fully saturated rings. The van der Waals surface area contributed by atoms with Crippen LogP contribution < -0.4 is 4.90 Å². The number of halogens is 1. The monoisotopic (exact) mass is 242 g/mol. The lowest BCUT2D eigenvalue weighted by atomic mass is 10.1. The van der Waals surface area contributed by atoms with E-state index in [0.717, 1.165) is 18.5 Å². The Kier molecular flexibility index (Phi) is 5.56. The molecule has 0 unspecified atom stereocenters. The van der Waals surface area contributed by atoms with E-state index in [9.17, 15) is 0 Å². The van der Waals surface area contributed by atoms with Crippen molar-refractivity contribution in [2.24, 2.45) is 0 Å². The van der Waals surface area contributed by atoms with Crippen LogP contribution in [0.3, 0.4) is 0 Å². The summed E-state index contributed by atoms with van der Waals surface area (Å²) in [6.07, 6.45) is 3.80. The molecule has 0 amide bonds. The molecule has 1 aromatic rings. The zero-order valence-corrected chi connectivity index (χ0v) is 10.6. The van der Waals surface area contributed by atoms with Gasteiger partial charge in [0.05, 0.1) is 6.61 Å². The Hall–Kier alpha value is -0.800. The van der Waals surface area contributed by atoms with Gasteiger partial charge in [0, 0.05) is 24.5 Å². The van der Waals surface area contributed by atoms with Crippen molar-refractivity contribution in [3.63, 3.8) is 0 Å². The molecule has 1 rings (SSSR count). The second-order valence-electron chi connectivity index (χ2n) is 3.72. The van der Waals surface area contributed by atoms with Crippen molar-refractivity contribution in [1.82, 2.24) is 4.98 Å². The van der Waals surface area contributed by atoms with Crippen LogP contribution in [0.25, 0.3) is 0 Å². The average molecular weight is 243 g/mol. The van der Waals surface area contributed by atoms with Gasteiger partial charge in [0.15, 0.2) is 0 Å². The van der Waals surface area contributed by atoms with Crippen LogP contribution >= 0.6 is 11.6 Å². The highest BCUT2D eigenvalue weighted by molar-refractivity contribution is 6.29. The first kappa shape index (κ1) is 13.3. The molecule has 0 saturated carbocycles. The number of aliphatic hydroxyl groups excluding tert-OH is 1. The summed E-state index contributed by atoms with van der Waals surface area (Å²) in [4.78, 5) is 6.16. The van der Waals surface area contributed by atoms with Crippen LogP contribution in [0.15, 0.2) is 18.3 Å². The van der Waals surface area contributed by atoms with E-state index in [1.165, 1.54) is 0 Å². The molecule has 4 heteroatoms. The predicted molar refractivity (Wildman–Crippen MR) is 68.0 cm³/mol. The van der Waals surface area contributed by atoms with Crippen molar-refractivity contribution >= 4 is 17.3 Å². The van der Waals surface area contributed by atoms with Crippen LogP contribution in [0.1, 0.15) is 26.7 Å². The van der Waals surface area contributed by atoms with Crippen LogP contribution in [0.2, 0.25) is 5.15 Å². The molecule has 90 valence electrons. The molecule has 1 heterocycles. The second-order valence-corrected chi connectivity index (χ2v) is 4.11. The van der Waals surface area contributed by atoms with Gasteiger partial charge < -0.3 is 10.0 Å². The number of hydrogen-bond donors (Lipinski definition) is 1. The number of aliphatic hydroxyl groups is 1. The molecule has 1 aromatic heterocycles. The Bertz CT molecular complexity index is 316. The first-order valence-electron chi connectivity index (χ1n) is 5.72. The molecule has 0 saturated heterocycles. The highest BCUT2D eigenvalue weighted by atomic mass is 35.5. The third-order valence-electron chi connectivity index (χ3n) is 2.77. The molecule has 0 radical (unpaired) electrons. The van der Waals surface area contributed by atoms with E-state index in [-0.39, 0.29) is 6.61 Å². The zero-order valence-electron chi connectivity index (χ0n) is 9.86. The summed E-state index contributed by atoms with van der Waals surface area (Å²) in [5.74, 6) is 0. The molecule has 0 aliphatic rings. The largest absolute Gasteiger partial charge is 0.395 e. The Morgan fingerprint density at radius 1 is 1.44 bits per heavy atom. The van der Waals surface area contributed by atoms with E-state index < -0.39 is 0 Å². The lowest BCUT2D eigenvalue weighted by Crippen LogP contribution is -2.36. The molecule has 0 aromatic carbocycles. The summed E-state index contributed by atoms with van der Waals surface area (Å²) in [5, 5.41) is 9.61. The third-order valence-corrected chi connectivity index (χ3v) is 2.97. The van der Waals surface area contributed by atoms with Crippen LogP contribution in [0, 0.1) is 0 Å². The number of hydrogen-bond acceptors (Lipinski definition) is 3. The summed E-state index contributed by atoms with van der Waals surface area (Å²) >= 11 is 5.88. The molecular weight excluding hydrogens is 224 g/mol. The molecule has 0 atom stereocenters. The molecule has 16 heavy (non-hydrogen) atoms. The van der Waals surface area contributed by atoms with Crippen LogP contribution in [0.4, 0.5) is 5.69 Å². The molecule has 0 bridgehead atoms. The summed E-state index contributed by atoms with van der Waals surface area (Å²) in [7, 11) is 0. The van der Waals surface area contributed by atoms with Gasteiger partial charge in [-0.05, 0) is 25.0 Å². The van der Waals surface area contributed by atoms with E-state index in [0.29, 0.717) is 17.7 Å². The van der Waals surface area contributed by atoms with Crippen LogP contribution in [0.5, 0.6) is 0 Å². The van der Waals surface area contributed by atoms with Crippen LogP contribution in [-0.2, 0) is 0 Å².